The minimum Gasteiger partial charge on any atom is -0.316 e. The van der Waals surface area contributed by atoms with Gasteiger partial charge in [0.2, 0.25) is 0 Å². The number of hydrogen-bond acceptors (Lipinski definition) is 2. The Hall–Kier alpha value is -0.960. The Morgan fingerprint density at radius 1 is 1.58 bits per heavy atom. The Morgan fingerprint density at radius 2 is 2.50 bits per heavy atom. The fourth-order valence-electron chi connectivity index (χ4n) is 1.61. The fraction of sp³-hybridized carbons (Fsp3) is 0.444. The highest BCUT2D eigenvalue weighted by molar-refractivity contribution is 5.18. The molecule has 0 amide bonds. The van der Waals surface area contributed by atoms with Crippen molar-refractivity contribution in [3.05, 3.63) is 29.8 Å². The van der Waals surface area contributed by atoms with E-state index in [2.05, 4.69) is 10.3 Å². The normalized spacial score (nSPS) is 22.9. The van der Waals surface area contributed by atoms with Crippen LogP contribution in [0.3, 0.4) is 0 Å². The first-order valence-corrected chi connectivity index (χ1v) is 4.18. The molecule has 0 radical (unpaired) electrons. The Balaban J connectivity index is 2.26. The molecule has 1 aromatic heterocycles. The van der Waals surface area contributed by atoms with Gasteiger partial charge in [-0.1, -0.05) is 0 Å². The van der Waals surface area contributed by atoms with E-state index in [1.54, 1.807) is 6.20 Å². The van der Waals surface area contributed by atoms with Crippen LogP contribution < -0.4 is 5.32 Å². The number of hydrogen-bond donors (Lipinski definition) is 1. The molecule has 1 saturated heterocycles. The number of nitrogens with one attached hydrogen (secondary N) is 1. The average molecular weight is 166 g/mol. The highest BCUT2D eigenvalue weighted by atomic mass is 19.1. The maximum atomic E-state index is 13.2. The Morgan fingerprint density at radius 3 is 3.17 bits per heavy atom. The summed E-state index contributed by atoms with van der Waals surface area (Å²) < 4.78 is 13.2. The summed E-state index contributed by atoms with van der Waals surface area (Å²) in [6.07, 6.45) is 4.14. The molecule has 2 nitrogen and oxygen atoms in total. The number of halogens is 1. The third-order valence-corrected chi connectivity index (χ3v) is 2.30. The summed E-state index contributed by atoms with van der Waals surface area (Å²) in [6.45, 7) is 1.86. The molecule has 0 spiro atoms. The number of pyridine rings is 1. The molecule has 1 fully saturated rings. The van der Waals surface area contributed by atoms with E-state index in [0.29, 0.717) is 5.92 Å². The van der Waals surface area contributed by atoms with Crippen LogP contribution in [0.1, 0.15) is 17.9 Å². The van der Waals surface area contributed by atoms with Crippen LogP contribution in [0, 0.1) is 5.82 Å². The van der Waals surface area contributed by atoms with E-state index in [9.17, 15) is 4.39 Å². The van der Waals surface area contributed by atoms with Crippen LogP contribution in [0.25, 0.3) is 0 Å². The van der Waals surface area contributed by atoms with Gasteiger partial charge < -0.3 is 5.32 Å². The molecule has 3 heteroatoms. The standard InChI is InChI=1S/C9H11FN2/c10-9-2-4-12-6-8(9)7-1-3-11-5-7/h2,4,6-7,11H,1,3,5H2. The summed E-state index contributed by atoms with van der Waals surface area (Å²) in [5, 5.41) is 3.20. The first-order valence-electron chi connectivity index (χ1n) is 4.18. The zero-order valence-electron chi connectivity index (χ0n) is 6.76. The minimum absolute atomic E-state index is 0.126. The Labute approximate surface area is 70.8 Å². The SMILES string of the molecule is Fc1ccncc1C1CCNC1. The van der Waals surface area contributed by atoms with Crippen molar-refractivity contribution in [3.8, 4) is 0 Å². The van der Waals surface area contributed by atoms with Crippen molar-refractivity contribution in [1.82, 2.24) is 10.3 Å². The van der Waals surface area contributed by atoms with Gasteiger partial charge >= 0.3 is 0 Å². The quantitative estimate of drug-likeness (QED) is 0.680. The molecule has 1 aromatic rings. The molecule has 1 unspecified atom stereocenters. The molecule has 1 atom stereocenters. The highest BCUT2D eigenvalue weighted by Gasteiger charge is 2.19. The van der Waals surface area contributed by atoms with Gasteiger partial charge in [-0.25, -0.2) is 4.39 Å². The number of nitrogens with zero attached hydrogens (tertiary/aromatic N) is 1. The maximum absolute atomic E-state index is 13.2. The van der Waals surface area contributed by atoms with Gasteiger partial charge in [0.25, 0.3) is 0 Å². The van der Waals surface area contributed by atoms with Gasteiger partial charge in [-0.05, 0) is 19.0 Å². The molecule has 0 aromatic carbocycles. The molecule has 2 rings (SSSR count). The fourth-order valence-corrected chi connectivity index (χ4v) is 1.61. The molecule has 12 heavy (non-hydrogen) atoms. The van der Waals surface area contributed by atoms with Gasteiger partial charge in [0.15, 0.2) is 0 Å². The van der Waals surface area contributed by atoms with E-state index >= 15 is 0 Å². The summed E-state index contributed by atoms with van der Waals surface area (Å²) in [6, 6.07) is 1.42. The van der Waals surface area contributed by atoms with Gasteiger partial charge in [0.05, 0.1) is 0 Å². The van der Waals surface area contributed by atoms with Gasteiger partial charge in [-0.3, -0.25) is 4.98 Å². The molecule has 1 aliphatic heterocycles. The number of rotatable bonds is 1. The smallest absolute Gasteiger partial charge is 0.129 e. The predicted octanol–water partition coefficient (Wildman–Crippen LogP) is 1.30. The van der Waals surface area contributed by atoms with Crippen LogP contribution in [0.2, 0.25) is 0 Å². The summed E-state index contributed by atoms with van der Waals surface area (Å²) in [5.74, 6) is 0.192. The van der Waals surface area contributed by atoms with Crippen LogP contribution in [-0.4, -0.2) is 18.1 Å². The molecule has 2 heterocycles. The van der Waals surface area contributed by atoms with Gasteiger partial charge in [-0.15, -0.1) is 0 Å². The molecule has 64 valence electrons. The lowest BCUT2D eigenvalue weighted by Crippen LogP contribution is -2.09. The predicted molar refractivity (Wildman–Crippen MR) is 44.4 cm³/mol. The zero-order valence-corrected chi connectivity index (χ0v) is 6.76. The zero-order chi connectivity index (χ0) is 8.39. The van der Waals surface area contributed by atoms with Crippen molar-refractivity contribution in [2.75, 3.05) is 13.1 Å². The molecular weight excluding hydrogens is 155 g/mol. The van der Waals surface area contributed by atoms with Crippen LogP contribution >= 0.6 is 0 Å². The topological polar surface area (TPSA) is 24.9 Å². The number of aromatic nitrogens is 1. The van der Waals surface area contributed by atoms with Crippen LogP contribution in [0.15, 0.2) is 18.5 Å². The molecule has 1 aliphatic rings. The van der Waals surface area contributed by atoms with E-state index in [0.717, 1.165) is 25.1 Å². The third-order valence-electron chi connectivity index (χ3n) is 2.30. The van der Waals surface area contributed by atoms with Crippen LogP contribution in [0.4, 0.5) is 4.39 Å². The summed E-state index contributed by atoms with van der Waals surface area (Å²) in [4.78, 5) is 3.92. The van der Waals surface area contributed by atoms with Gasteiger partial charge in [0, 0.05) is 30.4 Å². The van der Waals surface area contributed by atoms with E-state index < -0.39 is 0 Å². The lowest BCUT2D eigenvalue weighted by Gasteiger charge is -2.07. The Kier molecular flexibility index (Phi) is 2.04. The van der Waals surface area contributed by atoms with Crippen molar-refractivity contribution in [2.45, 2.75) is 12.3 Å². The van der Waals surface area contributed by atoms with Crippen molar-refractivity contribution in [3.63, 3.8) is 0 Å². The minimum atomic E-state index is -0.126. The van der Waals surface area contributed by atoms with Crippen molar-refractivity contribution < 1.29 is 4.39 Å². The third kappa shape index (κ3) is 1.32. The Bertz CT molecular complexity index is 269. The van der Waals surface area contributed by atoms with Gasteiger partial charge in [-0.2, -0.15) is 0 Å². The highest BCUT2D eigenvalue weighted by Crippen LogP contribution is 2.23. The summed E-state index contributed by atoms with van der Waals surface area (Å²) in [5.41, 5.74) is 0.752. The van der Waals surface area contributed by atoms with E-state index in [-0.39, 0.29) is 5.82 Å². The molecule has 0 aliphatic carbocycles. The summed E-state index contributed by atoms with van der Waals surface area (Å²) in [7, 11) is 0. The van der Waals surface area contributed by atoms with Crippen molar-refractivity contribution in [2.24, 2.45) is 0 Å². The molecular formula is C9H11FN2. The second-order valence-corrected chi connectivity index (χ2v) is 3.09. The van der Waals surface area contributed by atoms with Crippen LogP contribution in [-0.2, 0) is 0 Å². The maximum Gasteiger partial charge on any atom is 0.129 e. The molecule has 0 saturated carbocycles. The first kappa shape index (κ1) is 7.68. The summed E-state index contributed by atoms with van der Waals surface area (Å²) >= 11 is 0. The van der Waals surface area contributed by atoms with Crippen LogP contribution in [0.5, 0.6) is 0 Å². The largest absolute Gasteiger partial charge is 0.316 e. The van der Waals surface area contributed by atoms with E-state index in [1.807, 2.05) is 0 Å². The van der Waals surface area contributed by atoms with E-state index in [4.69, 9.17) is 0 Å². The first-order chi connectivity index (χ1) is 5.88. The second kappa shape index (κ2) is 3.19. The lowest BCUT2D eigenvalue weighted by atomic mass is 10.0. The van der Waals surface area contributed by atoms with E-state index in [1.165, 1.54) is 12.3 Å². The van der Waals surface area contributed by atoms with Crippen molar-refractivity contribution in [1.29, 1.82) is 0 Å². The second-order valence-electron chi connectivity index (χ2n) is 3.09. The monoisotopic (exact) mass is 166 g/mol. The molecule has 1 N–H and O–H groups in total. The van der Waals surface area contributed by atoms with Gasteiger partial charge in [0.1, 0.15) is 5.82 Å². The lowest BCUT2D eigenvalue weighted by molar-refractivity contribution is 0.584. The molecule has 0 bridgehead atoms. The average Bonchev–Trinajstić information content (AvgIpc) is 2.57. The van der Waals surface area contributed by atoms with Crippen molar-refractivity contribution >= 4 is 0 Å².